The van der Waals surface area contributed by atoms with Gasteiger partial charge in [0.2, 0.25) is 0 Å². The van der Waals surface area contributed by atoms with Gasteiger partial charge in [0.05, 0.1) is 25.4 Å². The van der Waals surface area contributed by atoms with E-state index in [1.807, 2.05) is 0 Å². The van der Waals surface area contributed by atoms with Crippen LogP contribution in [0, 0.1) is 0 Å². The lowest BCUT2D eigenvalue weighted by atomic mass is 9.97. The lowest BCUT2D eigenvalue weighted by Gasteiger charge is -2.41. The van der Waals surface area contributed by atoms with Crippen LogP contribution in [-0.2, 0) is 0 Å². The van der Waals surface area contributed by atoms with E-state index in [9.17, 15) is 40.9 Å². The summed E-state index contributed by atoms with van der Waals surface area (Å²) in [6.07, 6.45) is -12.4. The van der Waals surface area contributed by atoms with E-state index in [0.29, 0.717) is 39.0 Å². The van der Waals surface area contributed by atoms with E-state index < -0.39 is 62.0 Å². The Morgan fingerprint density at radius 3 is 1.41 bits per heavy atom. The molecule has 0 saturated carbocycles. The molecule has 0 amide bonds. The first kappa shape index (κ1) is 29.5. The Labute approximate surface area is 187 Å². The van der Waals surface area contributed by atoms with E-state index in [0.717, 1.165) is 0 Å². The molecular weight excluding hydrogens is 430 g/mol. The molecule has 12 N–H and O–H groups in total. The number of aliphatic hydroxyl groups excluding tert-OH is 10. The van der Waals surface area contributed by atoms with Gasteiger partial charge in [0.1, 0.15) is 36.6 Å². The third-order valence-corrected chi connectivity index (χ3v) is 6.01. The van der Waals surface area contributed by atoms with Gasteiger partial charge in [-0.3, -0.25) is 4.90 Å². The van der Waals surface area contributed by atoms with Crippen LogP contribution in [0.2, 0.25) is 0 Å². The standard InChI is InChI=1S/C19H41N3O10/c20-3-6-21-4-1-11(2-5-21)22(7-12(25)16(29)18(31)14(27)9-23)8-13(26)17(30)19(32)15(28)10-24/h11-19,23-32H,1-10,20H2/t12-,13-,14+,15+,16+,17+,18+,19+/m0/s1. The van der Waals surface area contributed by atoms with Crippen LogP contribution < -0.4 is 5.73 Å². The molecule has 0 aliphatic carbocycles. The summed E-state index contributed by atoms with van der Waals surface area (Å²) in [5.74, 6) is 0. The zero-order chi connectivity index (χ0) is 24.4. The fourth-order valence-electron chi connectivity index (χ4n) is 3.89. The summed E-state index contributed by atoms with van der Waals surface area (Å²) in [5, 5.41) is 97.8. The Bertz CT molecular complexity index is 470. The predicted molar refractivity (Wildman–Crippen MR) is 112 cm³/mol. The van der Waals surface area contributed by atoms with Gasteiger partial charge in [0, 0.05) is 32.2 Å². The van der Waals surface area contributed by atoms with Gasteiger partial charge in [-0.15, -0.1) is 0 Å². The molecule has 32 heavy (non-hydrogen) atoms. The second-order valence-corrected chi connectivity index (χ2v) is 8.41. The van der Waals surface area contributed by atoms with Crippen molar-refractivity contribution in [3.8, 4) is 0 Å². The van der Waals surface area contributed by atoms with E-state index in [-0.39, 0.29) is 19.1 Å². The van der Waals surface area contributed by atoms with Crippen molar-refractivity contribution >= 4 is 0 Å². The van der Waals surface area contributed by atoms with Crippen molar-refractivity contribution in [1.29, 1.82) is 0 Å². The molecule has 0 aromatic heterocycles. The van der Waals surface area contributed by atoms with Crippen LogP contribution in [-0.4, -0.2) is 168 Å². The van der Waals surface area contributed by atoms with Crippen molar-refractivity contribution in [2.75, 3.05) is 52.5 Å². The Morgan fingerprint density at radius 1 is 0.688 bits per heavy atom. The second kappa shape index (κ2) is 14.7. The molecule has 0 aromatic rings. The molecule has 0 bridgehead atoms. The highest BCUT2D eigenvalue weighted by atomic mass is 16.4. The summed E-state index contributed by atoms with van der Waals surface area (Å²) in [4.78, 5) is 3.74. The average molecular weight is 472 g/mol. The second-order valence-electron chi connectivity index (χ2n) is 8.41. The summed E-state index contributed by atoms with van der Waals surface area (Å²) in [7, 11) is 0. The topological polar surface area (TPSA) is 235 Å². The number of aliphatic hydroxyl groups is 10. The summed E-state index contributed by atoms with van der Waals surface area (Å²) in [6.45, 7) is 0.460. The van der Waals surface area contributed by atoms with Gasteiger partial charge in [0.15, 0.2) is 0 Å². The first-order valence-electron chi connectivity index (χ1n) is 10.9. The van der Waals surface area contributed by atoms with Gasteiger partial charge in [-0.1, -0.05) is 0 Å². The van der Waals surface area contributed by atoms with Gasteiger partial charge in [-0.25, -0.2) is 0 Å². The van der Waals surface area contributed by atoms with Crippen LogP contribution in [0.3, 0.4) is 0 Å². The van der Waals surface area contributed by atoms with E-state index in [1.54, 1.807) is 4.90 Å². The largest absolute Gasteiger partial charge is 0.394 e. The summed E-state index contributed by atoms with van der Waals surface area (Å²) >= 11 is 0. The van der Waals surface area contributed by atoms with Gasteiger partial charge in [0.25, 0.3) is 0 Å². The molecule has 13 nitrogen and oxygen atoms in total. The summed E-state index contributed by atoms with van der Waals surface area (Å²) in [6, 6.07) is -0.187. The Hall–Kier alpha value is -0.520. The molecule has 0 radical (unpaired) electrons. The minimum atomic E-state index is -1.81. The number of likely N-dealkylation sites (tertiary alicyclic amines) is 1. The zero-order valence-electron chi connectivity index (χ0n) is 18.2. The lowest BCUT2D eigenvalue weighted by Crippen LogP contribution is -2.56. The third-order valence-electron chi connectivity index (χ3n) is 6.01. The summed E-state index contributed by atoms with van der Waals surface area (Å²) in [5.41, 5.74) is 5.58. The van der Waals surface area contributed by atoms with Crippen LogP contribution in [0.5, 0.6) is 0 Å². The quantitative estimate of drug-likeness (QED) is 0.107. The van der Waals surface area contributed by atoms with Crippen molar-refractivity contribution in [2.24, 2.45) is 5.73 Å². The molecule has 192 valence electrons. The van der Waals surface area contributed by atoms with Crippen molar-refractivity contribution in [1.82, 2.24) is 9.80 Å². The highest BCUT2D eigenvalue weighted by molar-refractivity contribution is 4.89. The minimum Gasteiger partial charge on any atom is -0.394 e. The third kappa shape index (κ3) is 8.68. The first-order valence-corrected chi connectivity index (χ1v) is 10.9. The monoisotopic (exact) mass is 471 g/mol. The SMILES string of the molecule is NCCN1CCC(N(C[C@H](O)[C@@H](O)[C@H](O)[C@H](O)CO)C[C@H](O)[C@@H](O)[C@H](O)[C@H](O)CO)CC1. The maximum Gasteiger partial charge on any atom is 0.111 e. The molecule has 1 saturated heterocycles. The van der Waals surface area contributed by atoms with E-state index >= 15 is 0 Å². The molecule has 1 aliphatic heterocycles. The molecule has 13 heteroatoms. The van der Waals surface area contributed by atoms with E-state index in [2.05, 4.69) is 4.90 Å². The van der Waals surface area contributed by atoms with Gasteiger partial charge in [-0.05, 0) is 25.9 Å². The average Bonchev–Trinajstić information content (AvgIpc) is 2.80. The molecule has 1 heterocycles. The maximum atomic E-state index is 10.4. The van der Waals surface area contributed by atoms with Crippen LogP contribution in [0.15, 0.2) is 0 Å². The molecule has 8 atom stereocenters. The fourth-order valence-corrected chi connectivity index (χ4v) is 3.89. The smallest absolute Gasteiger partial charge is 0.111 e. The summed E-state index contributed by atoms with van der Waals surface area (Å²) < 4.78 is 0. The van der Waals surface area contributed by atoms with Crippen LogP contribution in [0.1, 0.15) is 12.8 Å². The molecular formula is C19H41N3O10. The number of piperidine rings is 1. The number of hydrogen-bond acceptors (Lipinski definition) is 13. The lowest BCUT2D eigenvalue weighted by molar-refractivity contribution is -0.134. The van der Waals surface area contributed by atoms with Crippen molar-refractivity contribution in [2.45, 2.75) is 67.7 Å². The van der Waals surface area contributed by atoms with Crippen molar-refractivity contribution in [3.63, 3.8) is 0 Å². The Kier molecular flexibility index (Phi) is 13.5. The Balaban J connectivity index is 2.89. The highest BCUT2D eigenvalue weighted by Gasteiger charge is 2.36. The first-order chi connectivity index (χ1) is 15.1. The van der Waals surface area contributed by atoms with Crippen LogP contribution in [0.25, 0.3) is 0 Å². The Morgan fingerprint density at radius 2 is 1.06 bits per heavy atom. The molecule has 1 rings (SSSR count). The maximum absolute atomic E-state index is 10.4. The minimum absolute atomic E-state index is 0.187. The van der Waals surface area contributed by atoms with Crippen molar-refractivity contribution in [3.05, 3.63) is 0 Å². The van der Waals surface area contributed by atoms with E-state index in [4.69, 9.17) is 15.9 Å². The number of nitrogens with zero attached hydrogens (tertiary/aromatic N) is 2. The predicted octanol–water partition coefficient (Wildman–Crippen LogP) is -6.42. The number of rotatable bonds is 15. The van der Waals surface area contributed by atoms with Gasteiger partial charge >= 0.3 is 0 Å². The van der Waals surface area contributed by atoms with Crippen LogP contribution in [0.4, 0.5) is 0 Å². The number of hydrogen-bond donors (Lipinski definition) is 11. The highest BCUT2D eigenvalue weighted by Crippen LogP contribution is 2.20. The number of nitrogens with two attached hydrogens (primary N) is 1. The van der Waals surface area contributed by atoms with Gasteiger partial charge in [-0.2, -0.15) is 0 Å². The molecule has 0 aromatic carbocycles. The molecule has 1 aliphatic rings. The molecule has 0 spiro atoms. The fraction of sp³-hybridized carbons (Fsp3) is 1.00. The zero-order valence-corrected chi connectivity index (χ0v) is 18.2. The van der Waals surface area contributed by atoms with E-state index in [1.165, 1.54) is 0 Å². The van der Waals surface area contributed by atoms with Crippen LogP contribution >= 0.6 is 0 Å². The molecule has 1 fully saturated rings. The van der Waals surface area contributed by atoms with Gasteiger partial charge < -0.3 is 61.7 Å². The molecule has 0 unspecified atom stereocenters. The normalized spacial score (nSPS) is 24.0. The van der Waals surface area contributed by atoms with Crippen molar-refractivity contribution < 1.29 is 51.1 Å².